The summed E-state index contributed by atoms with van der Waals surface area (Å²) in [7, 11) is 0. The molecule has 1 N–H and O–H groups in total. The Bertz CT molecular complexity index is 334. The van der Waals surface area contributed by atoms with E-state index < -0.39 is 0 Å². The molecule has 0 aliphatic heterocycles. The zero-order chi connectivity index (χ0) is 14.6. The van der Waals surface area contributed by atoms with Crippen LogP contribution >= 0.6 is 0 Å². The van der Waals surface area contributed by atoms with Gasteiger partial charge >= 0.3 is 0 Å². The minimum atomic E-state index is 0.636. The molecule has 20 heavy (non-hydrogen) atoms. The van der Waals surface area contributed by atoms with E-state index in [4.69, 9.17) is 13.9 Å². The Kier molecular flexibility index (Phi) is 9.02. The first-order chi connectivity index (χ1) is 9.81. The molecule has 0 aliphatic rings. The van der Waals surface area contributed by atoms with E-state index in [-0.39, 0.29) is 0 Å². The van der Waals surface area contributed by atoms with Crippen LogP contribution in [-0.2, 0) is 16.0 Å². The molecule has 0 atom stereocenters. The summed E-state index contributed by atoms with van der Waals surface area (Å²) >= 11 is 0. The average molecular weight is 285 g/mol. The summed E-state index contributed by atoms with van der Waals surface area (Å²) in [6, 6.07) is 0.636. The molecule has 0 spiro atoms. The summed E-state index contributed by atoms with van der Waals surface area (Å²) < 4.78 is 16.3. The SMILES string of the molecule is CCNCc1coc(N(CCOCC)CCOCC)n1. The maximum Gasteiger partial charge on any atom is 0.297 e. The number of anilines is 1. The molecule has 1 heterocycles. The molecule has 0 aromatic carbocycles. The number of hydrogen-bond acceptors (Lipinski definition) is 6. The van der Waals surface area contributed by atoms with Crippen molar-refractivity contribution in [2.45, 2.75) is 27.3 Å². The van der Waals surface area contributed by atoms with Crippen LogP contribution in [0.3, 0.4) is 0 Å². The number of aromatic nitrogens is 1. The summed E-state index contributed by atoms with van der Waals surface area (Å²) in [4.78, 5) is 6.55. The van der Waals surface area contributed by atoms with Gasteiger partial charge in [0.25, 0.3) is 6.01 Å². The van der Waals surface area contributed by atoms with E-state index in [2.05, 4.69) is 22.1 Å². The van der Waals surface area contributed by atoms with Crippen molar-refractivity contribution in [1.82, 2.24) is 10.3 Å². The molecule has 0 radical (unpaired) electrons. The van der Waals surface area contributed by atoms with E-state index in [0.717, 1.165) is 45.1 Å². The van der Waals surface area contributed by atoms with Crippen molar-refractivity contribution >= 4 is 6.01 Å². The maximum atomic E-state index is 5.55. The first-order valence-corrected chi connectivity index (χ1v) is 7.37. The van der Waals surface area contributed by atoms with Gasteiger partial charge in [0.2, 0.25) is 0 Å². The number of hydrogen-bond donors (Lipinski definition) is 1. The Morgan fingerprint density at radius 1 is 1.15 bits per heavy atom. The van der Waals surface area contributed by atoms with Gasteiger partial charge in [-0.2, -0.15) is 4.98 Å². The van der Waals surface area contributed by atoms with Crippen molar-refractivity contribution in [3.8, 4) is 0 Å². The van der Waals surface area contributed by atoms with E-state index in [0.29, 0.717) is 19.2 Å². The van der Waals surface area contributed by atoms with Gasteiger partial charge in [-0.25, -0.2) is 0 Å². The average Bonchev–Trinajstić information content (AvgIpc) is 2.92. The zero-order valence-electron chi connectivity index (χ0n) is 12.9. The number of ether oxygens (including phenoxy) is 2. The van der Waals surface area contributed by atoms with Crippen LogP contribution in [0.4, 0.5) is 6.01 Å². The Labute approximate surface area is 121 Å². The monoisotopic (exact) mass is 285 g/mol. The van der Waals surface area contributed by atoms with Crippen LogP contribution in [0, 0.1) is 0 Å². The Hall–Kier alpha value is -1.11. The predicted molar refractivity (Wildman–Crippen MR) is 79.1 cm³/mol. The molecule has 116 valence electrons. The largest absolute Gasteiger partial charge is 0.432 e. The van der Waals surface area contributed by atoms with E-state index in [1.165, 1.54) is 0 Å². The fourth-order valence-corrected chi connectivity index (χ4v) is 1.72. The summed E-state index contributed by atoms with van der Waals surface area (Å²) in [5, 5.41) is 3.23. The van der Waals surface area contributed by atoms with Crippen molar-refractivity contribution < 1.29 is 13.9 Å². The number of nitrogens with zero attached hydrogens (tertiary/aromatic N) is 2. The fraction of sp³-hybridized carbons (Fsp3) is 0.786. The van der Waals surface area contributed by atoms with Gasteiger partial charge in [-0.05, 0) is 20.4 Å². The van der Waals surface area contributed by atoms with Crippen LogP contribution in [0.1, 0.15) is 26.5 Å². The van der Waals surface area contributed by atoms with Crippen molar-refractivity contribution in [2.75, 3.05) is 51.0 Å². The van der Waals surface area contributed by atoms with Crippen LogP contribution in [0.2, 0.25) is 0 Å². The second-order valence-electron chi connectivity index (χ2n) is 4.28. The van der Waals surface area contributed by atoms with Gasteiger partial charge in [0.1, 0.15) is 6.26 Å². The van der Waals surface area contributed by atoms with Crippen molar-refractivity contribution in [3.05, 3.63) is 12.0 Å². The fourth-order valence-electron chi connectivity index (χ4n) is 1.72. The lowest BCUT2D eigenvalue weighted by Gasteiger charge is -2.20. The Morgan fingerprint density at radius 3 is 2.35 bits per heavy atom. The highest BCUT2D eigenvalue weighted by Crippen LogP contribution is 2.13. The molecule has 0 amide bonds. The van der Waals surface area contributed by atoms with E-state index >= 15 is 0 Å². The Balaban J connectivity index is 2.52. The predicted octanol–water partition coefficient (Wildman–Crippen LogP) is 1.66. The molecule has 0 bridgehead atoms. The lowest BCUT2D eigenvalue weighted by atomic mass is 10.5. The standard InChI is InChI=1S/C14H27N3O3/c1-4-15-11-13-12-20-14(16-13)17(7-9-18-5-2)8-10-19-6-3/h12,15H,4-11H2,1-3H3. The molecule has 1 aromatic rings. The van der Waals surface area contributed by atoms with E-state index in [9.17, 15) is 0 Å². The normalized spacial score (nSPS) is 10.9. The quantitative estimate of drug-likeness (QED) is 0.589. The van der Waals surface area contributed by atoms with Gasteiger partial charge < -0.3 is 24.1 Å². The lowest BCUT2D eigenvalue weighted by Crippen LogP contribution is -2.31. The maximum absolute atomic E-state index is 5.55. The topological polar surface area (TPSA) is 59.8 Å². The van der Waals surface area contributed by atoms with Gasteiger partial charge in [0.15, 0.2) is 0 Å². The van der Waals surface area contributed by atoms with E-state index in [1.807, 2.05) is 13.8 Å². The molecule has 0 fully saturated rings. The zero-order valence-corrected chi connectivity index (χ0v) is 12.9. The van der Waals surface area contributed by atoms with Gasteiger partial charge in [-0.1, -0.05) is 6.92 Å². The second kappa shape index (κ2) is 10.7. The third-order valence-corrected chi connectivity index (χ3v) is 2.79. The van der Waals surface area contributed by atoms with Crippen molar-refractivity contribution in [2.24, 2.45) is 0 Å². The van der Waals surface area contributed by atoms with Gasteiger partial charge in [-0.3, -0.25) is 0 Å². The van der Waals surface area contributed by atoms with Gasteiger partial charge in [-0.15, -0.1) is 0 Å². The highest BCUT2D eigenvalue weighted by Gasteiger charge is 2.13. The van der Waals surface area contributed by atoms with Crippen molar-refractivity contribution in [1.29, 1.82) is 0 Å². The molecule has 0 unspecified atom stereocenters. The summed E-state index contributed by atoms with van der Waals surface area (Å²) in [6.07, 6.45) is 1.70. The highest BCUT2D eigenvalue weighted by atomic mass is 16.5. The molecule has 1 rings (SSSR count). The lowest BCUT2D eigenvalue weighted by molar-refractivity contribution is 0.140. The van der Waals surface area contributed by atoms with Gasteiger partial charge in [0, 0.05) is 32.8 Å². The second-order valence-corrected chi connectivity index (χ2v) is 4.28. The van der Waals surface area contributed by atoms with E-state index in [1.54, 1.807) is 6.26 Å². The summed E-state index contributed by atoms with van der Waals surface area (Å²) in [5.41, 5.74) is 0.916. The number of rotatable bonds is 12. The molecule has 0 aliphatic carbocycles. The Morgan fingerprint density at radius 2 is 1.80 bits per heavy atom. The molecule has 0 saturated heterocycles. The minimum absolute atomic E-state index is 0.636. The molecule has 6 heteroatoms. The molecular weight excluding hydrogens is 258 g/mol. The molecule has 0 saturated carbocycles. The first kappa shape index (κ1) is 16.9. The smallest absolute Gasteiger partial charge is 0.297 e. The minimum Gasteiger partial charge on any atom is -0.432 e. The number of nitrogens with one attached hydrogen (secondary N) is 1. The van der Waals surface area contributed by atoms with Gasteiger partial charge in [0.05, 0.1) is 18.9 Å². The summed E-state index contributed by atoms with van der Waals surface area (Å²) in [6.45, 7) is 12.0. The van der Waals surface area contributed by atoms with Crippen LogP contribution < -0.4 is 10.2 Å². The van der Waals surface area contributed by atoms with Crippen molar-refractivity contribution in [3.63, 3.8) is 0 Å². The molecular formula is C14H27N3O3. The first-order valence-electron chi connectivity index (χ1n) is 7.37. The van der Waals surface area contributed by atoms with Crippen LogP contribution in [-0.4, -0.2) is 51.0 Å². The van der Waals surface area contributed by atoms with Crippen LogP contribution in [0.25, 0.3) is 0 Å². The number of oxazole rings is 1. The van der Waals surface area contributed by atoms with Crippen LogP contribution in [0.5, 0.6) is 0 Å². The third kappa shape index (κ3) is 6.36. The molecule has 6 nitrogen and oxygen atoms in total. The van der Waals surface area contributed by atoms with Crippen LogP contribution in [0.15, 0.2) is 10.7 Å². The third-order valence-electron chi connectivity index (χ3n) is 2.79. The summed E-state index contributed by atoms with van der Waals surface area (Å²) in [5.74, 6) is 0. The molecule has 1 aromatic heterocycles. The highest BCUT2D eigenvalue weighted by molar-refractivity contribution is 5.26.